The van der Waals surface area contributed by atoms with Gasteiger partial charge in [-0.15, -0.1) is 0 Å². The quantitative estimate of drug-likeness (QED) is 0.212. The van der Waals surface area contributed by atoms with E-state index >= 15 is 0 Å². The first kappa shape index (κ1) is 25.6. The van der Waals surface area contributed by atoms with Crippen molar-refractivity contribution in [1.82, 2.24) is 30.4 Å². The summed E-state index contributed by atoms with van der Waals surface area (Å²) in [4.78, 5) is 26.1. The van der Waals surface area contributed by atoms with E-state index in [9.17, 15) is 4.79 Å². The topological polar surface area (TPSA) is 105 Å². The van der Waals surface area contributed by atoms with Gasteiger partial charge in [0.15, 0.2) is 5.82 Å². The summed E-state index contributed by atoms with van der Waals surface area (Å²) in [6.45, 7) is 5.19. The Kier molecular flexibility index (Phi) is 7.02. The Balaban J connectivity index is 1.05. The molecule has 9 heteroatoms. The highest BCUT2D eigenvalue weighted by molar-refractivity contribution is 5.98. The number of aromatic amines is 2. The Bertz CT molecular complexity index is 1640. The molecule has 0 saturated carbocycles. The van der Waals surface area contributed by atoms with Crippen LogP contribution >= 0.6 is 0 Å². The largest absolute Gasteiger partial charge is 0.371 e. The lowest BCUT2D eigenvalue weighted by Gasteiger charge is -2.41. The Hall–Kier alpha value is -4.37. The fourth-order valence-electron chi connectivity index (χ4n) is 6.30. The number of H-pyrrole nitrogens is 2. The number of aromatic nitrogens is 4. The SMILES string of the molecule is O=C(NCc1ccccc1)Nc1ccc2[nH]nc(-c3nc4ccc(N5CCC(N6CCCCC6)CC5)cc4[nH]3)c2c1. The second-order valence-electron chi connectivity index (χ2n) is 11.2. The number of anilines is 2. The number of fused-ring (bicyclic) bond motifs is 2. The first-order valence-corrected chi connectivity index (χ1v) is 14.8. The van der Waals surface area contributed by atoms with Crippen molar-refractivity contribution in [2.45, 2.75) is 44.7 Å². The number of hydrogen-bond donors (Lipinski definition) is 4. The molecule has 3 aromatic carbocycles. The van der Waals surface area contributed by atoms with E-state index in [0.29, 0.717) is 18.1 Å². The molecule has 0 unspecified atom stereocenters. The molecule has 4 N–H and O–H groups in total. The van der Waals surface area contributed by atoms with Crippen molar-refractivity contribution in [1.29, 1.82) is 0 Å². The highest BCUT2D eigenvalue weighted by Crippen LogP contribution is 2.31. The fraction of sp³-hybridized carbons (Fsp3) is 0.344. The number of carbonyl (C=O) groups is 1. The maximum Gasteiger partial charge on any atom is 0.319 e. The normalized spacial score (nSPS) is 16.8. The van der Waals surface area contributed by atoms with Gasteiger partial charge in [-0.05, 0) is 80.7 Å². The zero-order valence-electron chi connectivity index (χ0n) is 23.2. The highest BCUT2D eigenvalue weighted by Gasteiger charge is 2.26. The van der Waals surface area contributed by atoms with Gasteiger partial charge >= 0.3 is 6.03 Å². The van der Waals surface area contributed by atoms with E-state index in [1.165, 1.54) is 50.9 Å². The molecule has 2 aromatic heterocycles. The van der Waals surface area contributed by atoms with Crippen molar-refractivity contribution < 1.29 is 4.79 Å². The van der Waals surface area contributed by atoms with Gasteiger partial charge < -0.3 is 25.4 Å². The third kappa shape index (κ3) is 5.50. The summed E-state index contributed by atoms with van der Waals surface area (Å²) < 4.78 is 0. The van der Waals surface area contributed by atoms with Gasteiger partial charge in [0.05, 0.1) is 16.6 Å². The number of imidazole rings is 1. The molecule has 0 atom stereocenters. The Morgan fingerprint density at radius 3 is 2.56 bits per heavy atom. The van der Waals surface area contributed by atoms with Crippen LogP contribution in [0.5, 0.6) is 0 Å². The maximum atomic E-state index is 12.5. The molecule has 2 aliphatic heterocycles. The summed E-state index contributed by atoms with van der Waals surface area (Å²) >= 11 is 0. The maximum absolute atomic E-state index is 12.5. The summed E-state index contributed by atoms with van der Waals surface area (Å²) in [5.41, 5.74) is 6.51. The summed E-state index contributed by atoms with van der Waals surface area (Å²) in [5.74, 6) is 0.706. The van der Waals surface area contributed by atoms with Gasteiger partial charge in [-0.3, -0.25) is 5.10 Å². The second kappa shape index (κ2) is 11.2. The molecule has 2 aliphatic rings. The Labute approximate surface area is 239 Å². The number of urea groups is 1. The van der Waals surface area contributed by atoms with Crippen LogP contribution in [-0.2, 0) is 6.54 Å². The molecule has 4 heterocycles. The van der Waals surface area contributed by atoms with E-state index in [1.807, 2.05) is 48.5 Å². The van der Waals surface area contributed by atoms with Crippen LogP contribution < -0.4 is 15.5 Å². The van der Waals surface area contributed by atoms with Crippen LogP contribution in [0.2, 0.25) is 0 Å². The smallest absolute Gasteiger partial charge is 0.319 e. The Morgan fingerprint density at radius 1 is 0.902 bits per heavy atom. The van der Waals surface area contributed by atoms with Crippen LogP contribution in [0.1, 0.15) is 37.7 Å². The molecular weight excluding hydrogens is 512 g/mol. The molecule has 2 amide bonds. The third-order valence-corrected chi connectivity index (χ3v) is 8.54. The van der Waals surface area contributed by atoms with Crippen LogP contribution in [0.15, 0.2) is 66.7 Å². The van der Waals surface area contributed by atoms with E-state index in [-0.39, 0.29) is 6.03 Å². The van der Waals surface area contributed by atoms with Crippen molar-refractivity contribution in [3.63, 3.8) is 0 Å². The van der Waals surface area contributed by atoms with Gasteiger partial charge in [0.25, 0.3) is 0 Å². The molecular formula is C32H36N8O. The van der Waals surface area contributed by atoms with E-state index in [0.717, 1.165) is 52.3 Å². The van der Waals surface area contributed by atoms with E-state index in [1.54, 1.807) is 0 Å². The van der Waals surface area contributed by atoms with Crippen LogP contribution in [0, 0.1) is 0 Å². The predicted molar refractivity (Wildman–Crippen MR) is 164 cm³/mol. The first-order valence-electron chi connectivity index (χ1n) is 14.8. The Morgan fingerprint density at radius 2 is 1.73 bits per heavy atom. The molecule has 41 heavy (non-hydrogen) atoms. The van der Waals surface area contributed by atoms with Crippen molar-refractivity contribution >= 4 is 39.3 Å². The van der Waals surface area contributed by atoms with E-state index in [2.05, 4.69) is 53.8 Å². The molecule has 0 spiro atoms. The van der Waals surface area contributed by atoms with Gasteiger partial charge in [0.2, 0.25) is 0 Å². The molecule has 2 saturated heterocycles. The van der Waals surface area contributed by atoms with E-state index < -0.39 is 0 Å². The highest BCUT2D eigenvalue weighted by atomic mass is 16.2. The van der Waals surface area contributed by atoms with Crippen molar-refractivity contribution in [2.24, 2.45) is 0 Å². The van der Waals surface area contributed by atoms with Gasteiger partial charge in [-0.2, -0.15) is 5.10 Å². The number of nitrogens with one attached hydrogen (secondary N) is 4. The minimum atomic E-state index is -0.255. The van der Waals surface area contributed by atoms with Crippen LogP contribution in [0.4, 0.5) is 16.2 Å². The van der Waals surface area contributed by atoms with Gasteiger partial charge in [0.1, 0.15) is 5.69 Å². The van der Waals surface area contributed by atoms with Crippen molar-refractivity contribution in [3.05, 3.63) is 72.3 Å². The number of rotatable bonds is 6. The number of hydrogen-bond acceptors (Lipinski definition) is 5. The predicted octanol–water partition coefficient (Wildman–Crippen LogP) is 5.88. The number of benzene rings is 3. The molecule has 210 valence electrons. The van der Waals surface area contributed by atoms with Gasteiger partial charge in [-0.1, -0.05) is 36.8 Å². The summed E-state index contributed by atoms with van der Waals surface area (Å²) in [6.07, 6.45) is 6.55. The van der Waals surface area contributed by atoms with Gasteiger partial charge in [0, 0.05) is 42.4 Å². The lowest BCUT2D eigenvalue weighted by molar-refractivity contribution is 0.141. The first-order chi connectivity index (χ1) is 20.2. The molecule has 9 nitrogen and oxygen atoms in total. The number of nitrogens with zero attached hydrogens (tertiary/aromatic N) is 4. The second-order valence-corrected chi connectivity index (χ2v) is 11.2. The summed E-state index contributed by atoms with van der Waals surface area (Å²) in [5, 5.41) is 14.4. The minimum Gasteiger partial charge on any atom is -0.371 e. The fourth-order valence-corrected chi connectivity index (χ4v) is 6.30. The standard InChI is InChI=1S/C32H36N8O/c41-32(33-21-22-7-3-1-4-8-22)34-23-9-11-27-26(19-23)30(38-37-27)31-35-28-12-10-25(20-29(28)36-31)40-17-13-24(14-18-40)39-15-5-2-6-16-39/h1,3-4,7-12,19-20,24H,2,5-6,13-18,21H2,(H,35,36)(H,37,38)(H2,33,34,41). The van der Waals surface area contributed by atoms with E-state index in [4.69, 9.17) is 4.98 Å². The minimum absolute atomic E-state index is 0.255. The molecule has 2 fully saturated rings. The van der Waals surface area contributed by atoms with Crippen molar-refractivity contribution in [3.8, 4) is 11.5 Å². The lowest BCUT2D eigenvalue weighted by atomic mass is 9.99. The lowest BCUT2D eigenvalue weighted by Crippen LogP contribution is -2.46. The average molecular weight is 549 g/mol. The molecule has 0 aliphatic carbocycles. The van der Waals surface area contributed by atoms with Gasteiger partial charge in [-0.25, -0.2) is 9.78 Å². The summed E-state index contributed by atoms with van der Waals surface area (Å²) in [6, 6.07) is 22.5. The molecule has 7 rings (SSSR count). The monoisotopic (exact) mass is 548 g/mol. The summed E-state index contributed by atoms with van der Waals surface area (Å²) in [7, 11) is 0. The molecule has 5 aromatic rings. The number of carbonyl (C=O) groups excluding carboxylic acids is 1. The molecule has 0 radical (unpaired) electrons. The van der Waals surface area contributed by atoms with Crippen molar-refractivity contribution in [2.75, 3.05) is 36.4 Å². The van der Waals surface area contributed by atoms with Crippen LogP contribution in [0.25, 0.3) is 33.5 Å². The third-order valence-electron chi connectivity index (χ3n) is 8.54. The molecule has 0 bridgehead atoms. The zero-order chi connectivity index (χ0) is 27.6. The number of amides is 2. The van der Waals surface area contributed by atoms with Crippen LogP contribution in [0.3, 0.4) is 0 Å². The average Bonchev–Trinajstić information content (AvgIpc) is 3.64. The van der Waals surface area contributed by atoms with Crippen LogP contribution in [-0.4, -0.2) is 63.3 Å². The number of likely N-dealkylation sites (tertiary alicyclic amines) is 1. The number of piperidine rings is 2. The zero-order valence-corrected chi connectivity index (χ0v) is 23.2.